The zero-order valence-electron chi connectivity index (χ0n) is 7.54. The molecule has 0 aromatic rings. The third kappa shape index (κ3) is 1.84. The van der Waals surface area contributed by atoms with E-state index < -0.39 is 18.0 Å². The van der Waals surface area contributed by atoms with Gasteiger partial charge in [-0.05, 0) is 6.92 Å². The normalized spacial score (nSPS) is 20.5. The van der Waals surface area contributed by atoms with Crippen molar-refractivity contribution in [2.75, 3.05) is 6.54 Å². The van der Waals surface area contributed by atoms with Crippen LogP contribution in [0.2, 0.25) is 0 Å². The van der Waals surface area contributed by atoms with Crippen molar-refractivity contribution < 1.29 is 9.59 Å². The molecular weight excluding hydrogens is 188 g/mol. The Kier molecular flexibility index (Phi) is 2.75. The highest BCUT2D eigenvalue weighted by Gasteiger charge is 2.26. The number of hydrogen-bond donors (Lipinski definition) is 2. The van der Waals surface area contributed by atoms with E-state index in [0.717, 1.165) is 0 Å². The summed E-state index contributed by atoms with van der Waals surface area (Å²) in [5, 5.41) is 11.9. The van der Waals surface area contributed by atoms with Crippen molar-refractivity contribution in [2.45, 2.75) is 13.1 Å². The van der Waals surface area contributed by atoms with Crippen LogP contribution < -0.4 is 11.5 Å². The molecule has 4 N–H and O–H groups in total. The number of hydrazone groups is 1. The van der Waals surface area contributed by atoms with E-state index in [1.807, 2.05) is 0 Å². The van der Waals surface area contributed by atoms with Crippen LogP contribution in [-0.2, 0) is 9.59 Å². The van der Waals surface area contributed by atoms with Gasteiger partial charge in [0.05, 0.1) is 0 Å². The number of azo groups is 1. The van der Waals surface area contributed by atoms with Gasteiger partial charge in [0, 0.05) is 6.54 Å². The lowest BCUT2D eigenvalue weighted by Gasteiger charge is -2.23. The average Bonchev–Trinajstić information content (AvgIpc) is 2.16. The number of carbonyl (C=O) groups is 2. The Balaban J connectivity index is 2.90. The number of nitrogens with two attached hydrogens (primary N) is 2. The van der Waals surface area contributed by atoms with Crippen molar-refractivity contribution in [1.82, 2.24) is 5.01 Å². The summed E-state index contributed by atoms with van der Waals surface area (Å²) >= 11 is 0. The molecule has 0 aromatic heterocycles. The smallest absolute Gasteiger partial charge is 0.290 e. The molecule has 0 aliphatic carbocycles. The summed E-state index contributed by atoms with van der Waals surface area (Å²) in [5.41, 5.74) is 9.97. The molecule has 0 saturated carbocycles. The molecule has 0 fully saturated rings. The molecular formula is C6H10N6O2. The van der Waals surface area contributed by atoms with Crippen molar-refractivity contribution in [2.24, 2.45) is 26.8 Å². The molecule has 1 aliphatic heterocycles. The summed E-state index contributed by atoms with van der Waals surface area (Å²) in [7, 11) is 0. The second-order valence-corrected chi connectivity index (χ2v) is 2.54. The molecule has 1 heterocycles. The SMILES string of the molecule is CCN1N=C(C(N)=O)N=NC1C(N)=O. The molecule has 0 bridgehead atoms. The molecule has 1 unspecified atom stereocenters. The fourth-order valence-corrected chi connectivity index (χ4v) is 0.911. The Bertz CT molecular complexity index is 322. The molecule has 0 saturated heterocycles. The molecule has 8 nitrogen and oxygen atoms in total. The molecule has 2 amide bonds. The van der Waals surface area contributed by atoms with Gasteiger partial charge in [-0.2, -0.15) is 0 Å². The van der Waals surface area contributed by atoms with Gasteiger partial charge >= 0.3 is 0 Å². The van der Waals surface area contributed by atoms with Gasteiger partial charge in [0.1, 0.15) is 0 Å². The van der Waals surface area contributed by atoms with Crippen molar-refractivity contribution in [3.63, 3.8) is 0 Å². The first-order valence-corrected chi connectivity index (χ1v) is 3.91. The van der Waals surface area contributed by atoms with Gasteiger partial charge in [-0.15, -0.1) is 15.3 Å². The lowest BCUT2D eigenvalue weighted by molar-refractivity contribution is -0.123. The largest absolute Gasteiger partial charge is 0.366 e. The summed E-state index contributed by atoms with van der Waals surface area (Å²) in [6, 6.07) is 0. The Hall–Kier alpha value is -1.99. The summed E-state index contributed by atoms with van der Waals surface area (Å²) in [4.78, 5) is 21.5. The number of carbonyl (C=O) groups excluding carboxylic acids is 2. The fourth-order valence-electron chi connectivity index (χ4n) is 0.911. The second kappa shape index (κ2) is 3.81. The Labute approximate surface area is 79.6 Å². The van der Waals surface area contributed by atoms with E-state index in [1.165, 1.54) is 5.01 Å². The zero-order chi connectivity index (χ0) is 10.7. The molecule has 1 atom stereocenters. The minimum atomic E-state index is -0.955. The molecule has 0 radical (unpaired) electrons. The molecule has 76 valence electrons. The van der Waals surface area contributed by atoms with E-state index in [1.54, 1.807) is 6.92 Å². The number of likely N-dealkylation sites (N-methyl/N-ethyl adjacent to an activating group) is 1. The number of amidine groups is 1. The molecule has 8 heteroatoms. The first-order chi connectivity index (χ1) is 6.56. The standard InChI is InChI=1S/C6H10N6O2/c1-2-12-6(4(8)14)10-9-5(11-12)3(7)13/h6H,2H2,1H3,(H2,7,13)(H2,8,14). The molecule has 14 heavy (non-hydrogen) atoms. The highest BCUT2D eigenvalue weighted by atomic mass is 16.2. The van der Waals surface area contributed by atoms with Crippen LogP contribution >= 0.6 is 0 Å². The van der Waals surface area contributed by atoms with E-state index >= 15 is 0 Å². The van der Waals surface area contributed by atoms with Gasteiger partial charge in [0.25, 0.3) is 17.6 Å². The third-order valence-corrected chi connectivity index (χ3v) is 1.57. The zero-order valence-corrected chi connectivity index (χ0v) is 7.54. The van der Waals surface area contributed by atoms with Crippen LogP contribution in [0.15, 0.2) is 15.3 Å². The van der Waals surface area contributed by atoms with Crippen LogP contribution in [0.4, 0.5) is 0 Å². The number of rotatable bonds is 3. The number of hydrogen-bond acceptors (Lipinski definition) is 6. The summed E-state index contributed by atoms with van der Waals surface area (Å²) in [6.45, 7) is 2.11. The number of amides is 2. The van der Waals surface area contributed by atoms with Gasteiger partial charge in [-0.25, -0.2) is 0 Å². The Morgan fingerprint density at radius 3 is 2.57 bits per heavy atom. The van der Waals surface area contributed by atoms with Gasteiger partial charge in [-0.3, -0.25) is 14.6 Å². The predicted octanol–water partition coefficient (Wildman–Crippen LogP) is -1.62. The third-order valence-electron chi connectivity index (χ3n) is 1.57. The van der Waals surface area contributed by atoms with E-state index in [-0.39, 0.29) is 5.84 Å². The maximum Gasteiger partial charge on any atom is 0.290 e. The van der Waals surface area contributed by atoms with Crippen molar-refractivity contribution >= 4 is 17.6 Å². The molecule has 0 aromatic carbocycles. The monoisotopic (exact) mass is 198 g/mol. The van der Waals surface area contributed by atoms with E-state index in [4.69, 9.17) is 11.5 Å². The lowest BCUT2D eigenvalue weighted by Crippen LogP contribution is -2.43. The van der Waals surface area contributed by atoms with E-state index in [2.05, 4.69) is 15.3 Å². The molecule has 1 rings (SSSR count). The lowest BCUT2D eigenvalue weighted by atomic mass is 10.4. The average molecular weight is 198 g/mol. The summed E-state index contributed by atoms with van der Waals surface area (Å²) in [6.07, 6.45) is -0.955. The van der Waals surface area contributed by atoms with Crippen LogP contribution in [-0.4, -0.2) is 35.4 Å². The molecule has 1 aliphatic rings. The summed E-state index contributed by atoms with van der Waals surface area (Å²) in [5.74, 6) is -1.71. The fraction of sp³-hybridized carbons (Fsp3) is 0.500. The van der Waals surface area contributed by atoms with Crippen LogP contribution in [0.25, 0.3) is 0 Å². The van der Waals surface area contributed by atoms with Crippen molar-refractivity contribution in [1.29, 1.82) is 0 Å². The van der Waals surface area contributed by atoms with Gasteiger partial charge < -0.3 is 11.5 Å². The maximum atomic E-state index is 10.8. The highest BCUT2D eigenvalue weighted by molar-refractivity contribution is 6.37. The second-order valence-electron chi connectivity index (χ2n) is 2.54. The van der Waals surface area contributed by atoms with E-state index in [9.17, 15) is 9.59 Å². The Morgan fingerprint density at radius 1 is 1.50 bits per heavy atom. The first-order valence-electron chi connectivity index (χ1n) is 3.91. The first kappa shape index (κ1) is 10.1. The van der Waals surface area contributed by atoms with Gasteiger partial charge in [0.2, 0.25) is 6.17 Å². The Morgan fingerprint density at radius 2 is 2.14 bits per heavy atom. The van der Waals surface area contributed by atoms with Gasteiger partial charge in [0.15, 0.2) is 0 Å². The van der Waals surface area contributed by atoms with Crippen LogP contribution in [0, 0.1) is 0 Å². The quantitative estimate of drug-likeness (QED) is 0.565. The van der Waals surface area contributed by atoms with Crippen molar-refractivity contribution in [3.05, 3.63) is 0 Å². The molecule has 0 spiro atoms. The van der Waals surface area contributed by atoms with Crippen molar-refractivity contribution in [3.8, 4) is 0 Å². The minimum absolute atomic E-state index is 0.232. The predicted molar refractivity (Wildman–Crippen MR) is 46.8 cm³/mol. The summed E-state index contributed by atoms with van der Waals surface area (Å²) < 4.78 is 0. The minimum Gasteiger partial charge on any atom is -0.366 e. The topological polar surface area (TPSA) is 126 Å². The highest BCUT2D eigenvalue weighted by Crippen LogP contribution is 2.08. The number of nitrogens with zero attached hydrogens (tertiary/aromatic N) is 4. The van der Waals surface area contributed by atoms with Crippen LogP contribution in [0.1, 0.15) is 6.92 Å². The van der Waals surface area contributed by atoms with Crippen LogP contribution in [0.5, 0.6) is 0 Å². The maximum absolute atomic E-state index is 10.8. The van der Waals surface area contributed by atoms with E-state index in [0.29, 0.717) is 6.54 Å². The van der Waals surface area contributed by atoms with Gasteiger partial charge in [-0.1, -0.05) is 0 Å². The number of primary amides is 2. The van der Waals surface area contributed by atoms with Crippen LogP contribution in [0.3, 0.4) is 0 Å².